The molecule has 2 atom stereocenters. The normalized spacial score (nSPS) is 14.7. The van der Waals surface area contributed by atoms with Gasteiger partial charge in [-0.1, -0.05) is 130 Å². The molecule has 0 spiro atoms. The van der Waals surface area contributed by atoms with Crippen molar-refractivity contribution in [1.82, 2.24) is 0 Å². The summed E-state index contributed by atoms with van der Waals surface area (Å²) in [4.78, 5) is 0.225. The van der Waals surface area contributed by atoms with E-state index in [1.165, 1.54) is 51.4 Å². The second-order valence-corrected chi connectivity index (χ2v) is 19.5. The van der Waals surface area contributed by atoms with Gasteiger partial charge in [0, 0.05) is 5.92 Å². The molecular weight excluding hydrogens is 509 g/mol. The molecule has 0 aliphatic carbocycles. The molecule has 0 aliphatic heterocycles. The predicted octanol–water partition coefficient (Wildman–Crippen LogP) is 10.1. The smallest absolute Gasteiger partial charge is 0.296 e. The van der Waals surface area contributed by atoms with E-state index in [0.717, 1.165) is 32.1 Å². The molecule has 38 heavy (non-hydrogen) atoms. The van der Waals surface area contributed by atoms with Gasteiger partial charge in [-0.15, -0.1) is 0 Å². The highest BCUT2D eigenvalue weighted by atomic mass is 32.2. The first-order valence-corrected chi connectivity index (χ1v) is 19.7. The fraction of sp³-hybridized carbons (Fsp3) is 0.812. The third-order valence-electron chi connectivity index (χ3n) is 8.20. The number of hydrogen-bond donors (Lipinski definition) is 0. The third kappa shape index (κ3) is 14.1. The Morgan fingerprint density at radius 2 is 1.32 bits per heavy atom. The molecule has 0 aromatic heterocycles. The van der Waals surface area contributed by atoms with Crippen LogP contribution in [-0.2, 0) is 18.7 Å². The van der Waals surface area contributed by atoms with Crippen molar-refractivity contribution < 1.29 is 17.0 Å². The van der Waals surface area contributed by atoms with Crippen molar-refractivity contribution >= 4 is 18.4 Å². The average molecular weight is 569 g/mol. The van der Waals surface area contributed by atoms with Crippen LogP contribution in [0.3, 0.4) is 0 Å². The molecule has 0 radical (unpaired) electrons. The number of hydrogen-bond acceptors (Lipinski definition) is 4. The van der Waals surface area contributed by atoms with Crippen molar-refractivity contribution in [2.75, 3.05) is 6.61 Å². The minimum Gasteiger partial charge on any atom is -0.414 e. The first kappa shape index (κ1) is 35.3. The van der Waals surface area contributed by atoms with Crippen LogP contribution >= 0.6 is 0 Å². The first-order valence-electron chi connectivity index (χ1n) is 15.4. The Morgan fingerprint density at radius 1 is 0.789 bits per heavy atom. The summed E-state index contributed by atoms with van der Waals surface area (Å²) in [6.45, 7) is 18.4. The number of unbranched alkanes of at least 4 members (excludes halogenated alkanes) is 8. The molecule has 1 aromatic rings. The second-order valence-electron chi connectivity index (χ2n) is 13.2. The fourth-order valence-electron chi connectivity index (χ4n) is 4.59. The molecule has 0 fully saturated rings. The lowest BCUT2D eigenvalue weighted by Gasteiger charge is -2.41. The molecule has 222 valence electrons. The van der Waals surface area contributed by atoms with Gasteiger partial charge in [0.2, 0.25) is 0 Å². The van der Waals surface area contributed by atoms with E-state index in [1.54, 1.807) is 24.3 Å². The Kier molecular flexibility index (Phi) is 16.6. The minimum atomic E-state index is -3.79. The van der Waals surface area contributed by atoms with Gasteiger partial charge >= 0.3 is 0 Å². The van der Waals surface area contributed by atoms with Crippen molar-refractivity contribution in [1.29, 1.82) is 0 Å². The molecule has 6 heteroatoms. The van der Waals surface area contributed by atoms with Crippen molar-refractivity contribution in [3.05, 3.63) is 30.3 Å². The summed E-state index contributed by atoms with van der Waals surface area (Å²) >= 11 is 0. The monoisotopic (exact) mass is 568 g/mol. The second kappa shape index (κ2) is 17.9. The van der Waals surface area contributed by atoms with E-state index < -0.39 is 18.4 Å². The van der Waals surface area contributed by atoms with Crippen LogP contribution in [0.15, 0.2) is 35.2 Å². The van der Waals surface area contributed by atoms with Crippen molar-refractivity contribution in [2.45, 2.75) is 154 Å². The van der Waals surface area contributed by atoms with Crippen LogP contribution in [0, 0.1) is 11.8 Å². The molecule has 0 saturated heterocycles. The molecule has 1 aromatic carbocycles. The molecule has 0 unspecified atom stereocenters. The molecule has 0 saturated carbocycles. The van der Waals surface area contributed by atoms with Gasteiger partial charge in [-0.3, -0.25) is 4.18 Å². The Morgan fingerprint density at radius 3 is 1.87 bits per heavy atom. The van der Waals surface area contributed by atoms with Crippen molar-refractivity contribution in [3.8, 4) is 0 Å². The van der Waals surface area contributed by atoms with Crippen LogP contribution in [0.5, 0.6) is 0 Å². The summed E-state index contributed by atoms with van der Waals surface area (Å²) in [5.41, 5.74) is 0. The Bertz CT molecular complexity index is 831. The van der Waals surface area contributed by atoms with Gasteiger partial charge in [0.1, 0.15) is 0 Å². The average Bonchev–Trinajstić information content (AvgIpc) is 2.84. The summed E-state index contributed by atoms with van der Waals surface area (Å²) in [7, 11) is -5.82. The van der Waals surface area contributed by atoms with Crippen LogP contribution in [0.4, 0.5) is 0 Å². The highest BCUT2D eigenvalue weighted by molar-refractivity contribution is 7.86. The molecular formula is C32H60O4SSi. The van der Waals surface area contributed by atoms with Crippen LogP contribution in [0.1, 0.15) is 125 Å². The van der Waals surface area contributed by atoms with E-state index in [-0.39, 0.29) is 28.6 Å². The molecule has 0 N–H and O–H groups in total. The maximum Gasteiger partial charge on any atom is 0.296 e. The highest BCUT2D eigenvalue weighted by Crippen LogP contribution is 2.39. The van der Waals surface area contributed by atoms with Crippen molar-refractivity contribution in [3.63, 3.8) is 0 Å². The van der Waals surface area contributed by atoms with Gasteiger partial charge < -0.3 is 4.43 Å². The van der Waals surface area contributed by atoms with Gasteiger partial charge in [0.25, 0.3) is 10.1 Å². The maximum absolute atomic E-state index is 13.0. The van der Waals surface area contributed by atoms with Crippen LogP contribution < -0.4 is 0 Å². The predicted molar refractivity (Wildman–Crippen MR) is 166 cm³/mol. The maximum atomic E-state index is 13.0. The topological polar surface area (TPSA) is 52.6 Å². The summed E-state index contributed by atoms with van der Waals surface area (Å²) in [6, 6.07) is 8.52. The van der Waals surface area contributed by atoms with E-state index in [0.29, 0.717) is 5.92 Å². The van der Waals surface area contributed by atoms with E-state index in [4.69, 9.17) is 8.61 Å². The molecule has 4 nitrogen and oxygen atoms in total. The Labute approximate surface area is 237 Å². The van der Waals surface area contributed by atoms with Crippen LogP contribution in [-0.4, -0.2) is 29.4 Å². The van der Waals surface area contributed by atoms with Crippen molar-refractivity contribution in [2.24, 2.45) is 11.8 Å². The van der Waals surface area contributed by atoms with Gasteiger partial charge in [-0.05, 0) is 49.0 Å². The van der Waals surface area contributed by atoms with E-state index in [1.807, 2.05) is 6.07 Å². The first-order chi connectivity index (χ1) is 17.8. The summed E-state index contributed by atoms with van der Waals surface area (Å²) in [5.74, 6) is 0.749. The van der Waals surface area contributed by atoms with E-state index >= 15 is 0 Å². The zero-order chi connectivity index (χ0) is 28.7. The summed E-state index contributed by atoms with van der Waals surface area (Å²) in [6.07, 6.45) is 15.6. The largest absolute Gasteiger partial charge is 0.414 e. The zero-order valence-corrected chi connectivity index (χ0v) is 27.9. The SMILES string of the molecule is CCCCCCCCCC[C@H](O[Si](C)(C)C(C)(C)C)[C@@H](CCCCC(C)C)COS(=O)(=O)c1ccccc1. The molecule has 0 aliphatic rings. The third-order valence-corrected chi connectivity index (χ3v) is 14.0. The minimum absolute atomic E-state index is 0.0287. The molecule has 0 amide bonds. The van der Waals surface area contributed by atoms with Gasteiger partial charge in [0.05, 0.1) is 17.6 Å². The lowest BCUT2D eigenvalue weighted by molar-refractivity contribution is 0.0693. The van der Waals surface area contributed by atoms with E-state index in [2.05, 4.69) is 54.6 Å². The molecule has 0 heterocycles. The number of benzene rings is 1. The number of rotatable bonds is 21. The lowest BCUT2D eigenvalue weighted by atomic mass is 9.91. The molecule has 1 rings (SSSR count). The molecule has 0 bridgehead atoms. The summed E-state index contributed by atoms with van der Waals surface area (Å²) in [5, 5.41) is 0.101. The quantitative estimate of drug-likeness (QED) is 0.0841. The van der Waals surface area contributed by atoms with Crippen LogP contribution in [0.25, 0.3) is 0 Å². The van der Waals surface area contributed by atoms with E-state index in [9.17, 15) is 8.42 Å². The van der Waals surface area contributed by atoms with Gasteiger partial charge in [-0.25, -0.2) is 0 Å². The zero-order valence-electron chi connectivity index (χ0n) is 26.1. The Balaban J connectivity index is 2.98. The van der Waals surface area contributed by atoms with Gasteiger partial charge in [0.15, 0.2) is 8.32 Å². The van der Waals surface area contributed by atoms with Crippen LogP contribution in [0.2, 0.25) is 18.1 Å². The fourth-order valence-corrected chi connectivity index (χ4v) is 6.99. The van der Waals surface area contributed by atoms with Gasteiger partial charge in [-0.2, -0.15) is 8.42 Å². The standard InChI is InChI=1S/C32H60O4SSi/c1-9-10-11-12-13-14-15-19-26-31(36-38(7,8)32(4,5)6)29(23-21-20-22-28(2)3)27-35-37(33,34)30-24-17-16-18-25-30/h16-18,24-25,28-29,31H,9-15,19-23,26-27H2,1-8H3/t29-,31-/m0/s1. The Hall–Kier alpha value is -0.693. The highest BCUT2D eigenvalue weighted by Gasteiger charge is 2.40. The summed E-state index contributed by atoms with van der Waals surface area (Å²) < 4.78 is 38.7. The lowest BCUT2D eigenvalue weighted by Crippen LogP contribution is -2.46.